The summed E-state index contributed by atoms with van der Waals surface area (Å²) in [6.07, 6.45) is 3.86. The molecule has 4 rings (SSSR count). The number of benzene rings is 2. The number of rotatable bonds is 10. The van der Waals surface area contributed by atoms with Gasteiger partial charge in [-0.1, -0.05) is 43.3 Å². The number of hydrogen-bond acceptors (Lipinski definition) is 5. The highest BCUT2D eigenvalue weighted by atomic mass is 16.5. The lowest BCUT2D eigenvalue weighted by molar-refractivity contribution is 0.0696. The number of carboxylic acids is 1. The van der Waals surface area contributed by atoms with Crippen molar-refractivity contribution in [2.75, 3.05) is 11.4 Å². The minimum Gasteiger partial charge on any atom is -0.486 e. The van der Waals surface area contributed by atoms with Gasteiger partial charge in [0.15, 0.2) is 0 Å². The highest BCUT2D eigenvalue weighted by Crippen LogP contribution is 2.23. The fourth-order valence-electron chi connectivity index (χ4n) is 3.94. The normalized spacial score (nSPS) is 10.7. The predicted molar refractivity (Wildman–Crippen MR) is 138 cm³/mol. The van der Waals surface area contributed by atoms with Gasteiger partial charge in [-0.25, -0.2) is 9.78 Å². The molecule has 0 spiro atoms. The molecule has 0 unspecified atom stereocenters. The largest absolute Gasteiger partial charge is 0.486 e. The first-order valence-corrected chi connectivity index (χ1v) is 11.7. The Kier molecular flexibility index (Phi) is 7.73. The van der Waals surface area contributed by atoms with E-state index in [4.69, 9.17) is 14.8 Å². The van der Waals surface area contributed by atoms with Crippen LogP contribution < -0.4 is 9.64 Å². The third-order valence-electron chi connectivity index (χ3n) is 5.61. The van der Waals surface area contributed by atoms with Crippen molar-refractivity contribution < 1.29 is 14.6 Å². The summed E-state index contributed by atoms with van der Waals surface area (Å²) < 4.78 is 5.74. The summed E-state index contributed by atoms with van der Waals surface area (Å²) in [6, 6.07) is 24.4. The van der Waals surface area contributed by atoms with Gasteiger partial charge in [-0.15, -0.1) is 0 Å². The molecule has 2 aromatic heterocycles. The summed E-state index contributed by atoms with van der Waals surface area (Å²) in [5, 5.41) is 9.13. The van der Waals surface area contributed by atoms with E-state index in [1.54, 1.807) is 0 Å². The van der Waals surface area contributed by atoms with Gasteiger partial charge in [-0.3, -0.25) is 4.98 Å². The van der Waals surface area contributed by atoms with Crippen LogP contribution in [-0.4, -0.2) is 27.6 Å². The number of pyridine rings is 2. The maximum atomic E-state index is 11.1. The number of aromatic carboxylic acids is 1. The number of aryl methyl sites for hydroxylation is 1. The predicted octanol–water partition coefficient (Wildman–Crippen LogP) is 6.15. The molecule has 6 nitrogen and oxygen atoms in total. The summed E-state index contributed by atoms with van der Waals surface area (Å²) in [5.74, 6) is -0.644. The van der Waals surface area contributed by atoms with Gasteiger partial charge in [0.1, 0.15) is 12.4 Å². The average Bonchev–Trinajstić information content (AvgIpc) is 2.88. The Morgan fingerprint density at radius 3 is 2.63 bits per heavy atom. The second-order valence-corrected chi connectivity index (χ2v) is 8.48. The van der Waals surface area contributed by atoms with Crippen molar-refractivity contribution in [1.29, 1.82) is 0 Å². The zero-order valence-corrected chi connectivity index (χ0v) is 20.0. The van der Waals surface area contributed by atoms with Crippen LogP contribution in [0.2, 0.25) is 0 Å². The van der Waals surface area contributed by atoms with Gasteiger partial charge in [0, 0.05) is 30.5 Å². The van der Waals surface area contributed by atoms with Crippen LogP contribution in [0.3, 0.4) is 0 Å². The molecule has 0 fully saturated rings. The van der Waals surface area contributed by atoms with Crippen LogP contribution in [-0.2, 0) is 13.2 Å². The number of ether oxygens (including phenoxy) is 1. The molecular formula is C29H29N3O3. The zero-order chi connectivity index (χ0) is 24.6. The van der Waals surface area contributed by atoms with Crippen LogP contribution in [0.25, 0.3) is 11.3 Å². The van der Waals surface area contributed by atoms with E-state index in [9.17, 15) is 4.79 Å². The highest BCUT2D eigenvalue weighted by molar-refractivity contribution is 5.87. The lowest BCUT2D eigenvalue weighted by Crippen LogP contribution is -2.23. The molecule has 35 heavy (non-hydrogen) atoms. The molecule has 6 heteroatoms. The molecule has 0 aliphatic rings. The van der Waals surface area contributed by atoms with Gasteiger partial charge in [-0.05, 0) is 60.9 Å². The quantitative estimate of drug-likeness (QED) is 0.302. The second-order valence-electron chi connectivity index (χ2n) is 8.48. The smallest absolute Gasteiger partial charge is 0.337 e. The van der Waals surface area contributed by atoms with Crippen molar-refractivity contribution in [1.82, 2.24) is 9.97 Å². The Bertz CT molecular complexity index is 1310. The Morgan fingerprint density at radius 1 is 1.00 bits per heavy atom. The molecule has 0 saturated carbocycles. The van der Waals surface area contributed by atoms with E-state index in [1.807, 2.05) is 18.2 Å². The summed E-state index contributed by atoms with van der Waals surface area (Å²) in [4.78, 5) is 22.2. The number of anilines is 1. The van der Waals surface area contributed by atoms with E-state index in [0.29, 0.717) is 5.75 Å². The SMILES string of the molecule is CCCN(Cc1cccc(-c2cccc(COc3cncc(C(=O)O)c3)n2)c1)c1cccc(C)c1. The molecule has 4 aromatic rings. The molecule has 178 valence electrons. The van der Waals surface area contributed by atoms with Crippen molar-refractivity contribution in [3.8, 4) is 17.0 Å². The maximum Gasteiger partial charge on any atom is 0.337 e. The lowest BCUT2D eigenvalue weighted by Gasteiger charge is -2.25. The standard InChI is InChI=1S/C29H29N3O3/c1-3-13-32(26-11-4-7-21(2)14-26)19-22-8-5-9-23(15-22)28-12-6-10-25(31-28)20-35-27-16-24(29(33)34)17-30-18-27/h4-12,14-18H,3,13,19-20H2,1-2H3,(H,33,34). The van der Waals surface area contributed by atoms with Crippen molar-refractivity contribution in [3.05, 3.63) is 108 Å². The molecule has 0 saturated heterocycles. The molecular weight excluding hydrogens is 438 g/mol. The van der Waals surface area contributed by atoms with E-state index in [1.165, 1.54) is 35.3 Å². The molecule has 2 heterocycles. The first-order valence-electron chi connectivity index (χ1n) is 11.7. The molecule has 0 atom stereocenters. The molecule has 1 N–H and O–H groups in total. The lowest BCUT2D eigenvalue weighted by atomic mass is 10.1. The molecule has 2 aromatic carbocycles. The summed E-state index contributed by atoms with van der Waals surface area (Å²) >= 11 is 0. The highest BCUT2D eigenvalue weighted by Gasteiger charge is 2.10. The summed E-state index contributed by atoms with van der Waals surface area (Å²) in [6.45, 7) is 6.34. The van der Waals surface area contributed by atoms with E-state index in [-0.39, 0.29) is 12.2 Å². The van der Waals surface area contributed by atoms with Gasteiger partial charge < -0.3 is 14.7 Å². The van der Waals surface area contributed by atoms with E-state index >= 15 is 0 Å². The third kappa shape index (κ3) is 6.44. The summed E-state index contributed by atoms with van der Waals surface area (Å²) in [5.41, 5.74) is 6.45. The van der Waals surface area contributed by atoms with Crippen LogP contribution in [0.15, 0.2) is 85.2 Å². The molecule has 0 aliphatic heterocycles. The van der Waals surface area contributed by atoms with E-state index in [0.717, 1.165) is 36.5 Å². The molecule has 0 bridgehead atoms. The molecule has 0 aliphatic carbocycles. The van der Waals surface area contributed by atoms with Crippen LogP contribution in [0, 0.1) is 6.92 Å². The van der Waals surface area contributed by atoms with Crippen LogP contribution in [0.5, 0.6) is 5.75 Å². The van der Waals surface area contributed by atoms with Gasteiger partial charge in [0.05, 0.1) is 23.1 Å². The first kappa shape index (κ1) is 24.0. The Hall–Kier alpha value is -4.19. The van der Waals surface area contributed by atoms with Crippen LogP contribution >= 0.6 is 0 Å². The first-order chi connectivity index (χ1) is 17.0. The Balaban J connectivity index is 1.49. The van der Waals surface area contributed by atoms with Gasteiger partial charge in [-0.2, -0.15) is 0 Å². The average molecular weight is 468 g/mol. The van der Waals surface area contributed by atoms with E-state index < -0.39 is 5.97 Å². The van der Waals surface area contributed by atoms with Gasteiger partial charge >= 0.3 is 5.97 Å². The van der Waals surface area contributed by atoms with Crippen molar-refractivity contribution in [2.45, 2.75) is 33.4 Å². The number of carbonyl (C=O) groups is 1. The topological polar surface area (TPSA) is 75.5 Å². The minimum atomic E-state index is -1.04. The number of aromatic nitrogens is 2. The van der Waals surface area contributed by atoms with Gasteiger partial charge in [0.25, 0.3) is 0 Å². The Labute approximate surface area is 205 Å². The fourth-order valence-corrected chi connectivity index (χ4v) is 3.94. The van der Waals surface area contributed by atoms with Crippen molar-refractivity contribution in [3.63, 3.8) is 0 Å². The second kappa shape index (κ2) is 11.3. The number of nitrogens with zero attached hydrogens (tertiary/aromatic N) is 3. The number of hydrogen-bond donors (Lipinski definition) is 1. The minimum absolute atomic E-state index is 0.0869. The van der Waals surface area contributed by atoms with Crippen molar-refractivity contribution >= 4 is 11.7 Å². The van der Waals surface area contributed by atoms with Crippen LogP contribution in [0.4, 0.5) is 5.69 Å². The monoisotopic (exact) mass is 467 g/mol. The van der Waals surface area contributed by atoms with Gasteiger partial charge in [0.2, 0.25) is 0 Å². The third-order valence-corrected chi connectivity index (χ3v) is 5.61. The molecule has 0 amide bonds. The fraction of sp³-hybridized carbons (Fsp3) is 0.207. The van der Waals surface area contributed by atoms with Crippen LogP contribution in [0.1, 0.15) is 40.5 Å². The number of carboxylic acid groups (broad SMARTS) is 1. The summed E-state index contributed by atoms with van der Waals surface area (Å²) in [7, 11) is 0. The van der Waals surface area contributed by atoms with E-state index in [2.05, 4.69) is 72.3 Å². The maximum absolute atomic E-state index is 11.1. The molecule has 0 radical (unpaired) electrons. The zero-order valence-electron chi connectivity index (χ0n) is 20.0. The van der Waals surface area contributed by atoms with Crippen molar-refractivity contribution in [2.24, 2.45) is 0 Å². The Morgan fingerprint density at radius 2 is 1.83 bits per heavy atom.